The zero-order valence-corrected chi connectivity index (χ0v) is 12.8. The molecule has 0 aromatic carbocycles. The number of piperazine rings is 1. The standard InChI is InChI=1S/C13H20N4O3S/c1-2-12(13(14)18)16-6-8-17(9-7-16)21(19,20)11-4-3-5-15-10-11/h3-5,10,12H,2,6-9H2,1H3,(H2,14,18)/t12-/m0/s1. The number of carbonyl (C=O) groups is 1. The van der Waals surface area contributed by atoms with Crippen molar-refractivity contribution in [2.75, 3.05) is 26.2 Å². The van der Waals surface area contributed by atoms with Crippen LogP contribution in [0.2, 0.25) is 0 Å². The largest absolute Gasteiger partial charge is 0.368 e. The molecule has 0 unspecified atom stereocenters. The molecule has 1 aromatic rings. The average molecular weight is 312 g/mol. The Hall–Kier alpha value is -1.51. The first-order valence-corrected chi connectivity index (χ1v) is 8.34. The number of primary amides is 1. The summed E-state index contributed by atoms with van der Waals surface area (Å²) in [5, 5.41) is 0. The van der Waals surface area contributed by atoms with E-state index in [4.69, 9.17) is 5.73 Å². The van der Waals surface area contributed by atoms with E-state index in [1.165, 1.54) is 22.8 Å². The number of aromatic nitrogens is 1. The Bertz CT molecular complexity index is 583. The third-order valence-electron chi connectivity index (χ3n) is 3.70. The predicted octanol–water partition coefficient (Wildman–Crippen LogP) is -0.348. The van der Waals surface area contributed by atoms with Crippen LogP contribution in [0.3, 0.4) is 0 Å². The topological polar surface area (TPSA) is 96.6 Å². The summed E-state index contributed by atoms with van der Waals surface area (Å²) in [6.07, 6.45) is 3.51. The van der Waals surface area contributed by atoms with Crippen molar-refractivity contribution in [3.8, 4) is 0 Å². The molecule has 116 valence electrons. The molecule has 2 heterocycles. The van der Waals surface area contributed by atoms with Gasteiger partial charge in [0.25, 0.3) is 0 Å². The number of amides is 1. The molecule has 0 spiro atoms. The zero-order valence-electron chi connectivity index (χ0n) is 12.0. The van der Waals surface area contributed by atoms with Crippen molar-refractivity contribution in [1.82, 2.24) is 14.2 Å². The number of sulfonamides is 1. The van der Waals surface area contributed by atoms with Gasteiger partial charge in [-0.05, 0) is 18.6 Å². The van der Waals surface area contributed by atoms with Crippen LogP contribution in [-0.4, -0.2) is 60.7 Å². The third kappa shape index (κ3) is 3.39. The van der Waals surface area contributed by atoms with E-state index in [1.54, 1.807) is 6.07 Å². The summed E-state index contributed by atoms with van der Waals surface area (Å²) in [5.74, 6) is -0.360. The quantitative estimate of drug-likeness (QED) is 0.802. The Morgan fingerprint density at radius 2 is 2.05 bits per heavy atom. The molecule has 1 aliphatic rings. The Kier molecular flexibility index (Phi) is 4.92. The number of hydrogen-bond acceptors (Lipinski definition) is 5. The van der Waals surface area contributed by atoms with Crippen molar-refractivity contribution in [3.63, 3.8) is 0 Å². The highest BCUT2D eigenvalue weighted by atomic mass is 32.2. The van der Waals surface area contributed by atoms with Gasteiger partial charge in [0.15, 0.2) is 0 Å². The fourth-order valence-electron chi connectivity index (χ4n) is 2.54. The molecule has 1 fully saturated rings. The van der Waals surface area contributed by atoms with Crippen molar-refractivity contribution in [2.24, 2.45) is 5.73 Å². The van der Waals surface area contributed by atoms with Crippen molar-refractivity contribution < 1.29 is 13.2 Å². The molecule has 2 rings (SSSR count). The van der Waals surface area contributed by atoms with E-state index in [2.05, 4.69) is 4.98 Å². The number of pyridine rings is 1. The lowest BCUT2D eigenvalue weighted by Gasteiger charge is -2.37. The number of nitrogens with zero attached hydrogens (tertiary/aromatic N) is 3. The van der Waals surface area contributed by atoms with Crippen LogP contribution in [0.4, 0.5) is 0 Å². The van der Waals surface area contributed by atoms with Crippen LogP contribution in [0.15, 0.2) is 29.4 Å². The van der Waals surface area contributed by atoms with Crippen LogP contribution in [-0.2, 0) is 14.8 Å². The lowest BCUT2D eigenvalue weighted by Crippen LogP contribution is -2.54. The first-order chi connectivity index (χ1) is 9.96. The van der Waals surface area contributed by atoms with Crippen LogP contribution in [0.1, 0.15) is 13.3 Å². The molecule has 2 N–H and O–H groups in total. The molecule has 0 saturated carbocycles. The van der Waals surface area contributed by atoms with Gasteiger partial charge in [0.05, 0.1) is 6.04 Å². The Labute approximate surface area is 124 Å². The first-order valence-electron chi connectivity index (χ1n) is 6.90. The summed E-state index contributed by atoms with van der Waals surface area (Å²) in [5.41, 5.74) is 5.37. The van der Waals surface area contributed by atoms with Crippen molar-refractivity contribution in [3.05, 3.63) is 24.5 Å². The SMILES string of the molecule is CC[C@@H](C(N)=O)N1CCN(S(=O)(=O)c2cccnc2)CC1. The second-order valence-corrected chi connectivity index (χ2v) is 6.89. The van der Waals surface area contributed by atoms with Gasteiger partial charge in [0, 0.05) is 38.6 Å². The molecule has 1 aliphatic heterocycles. The van der Waals surface area contributed by atoms with Gasteiger partial charge in [0.1, 0.15) is 4.90 Å². The molecule has 21 heavy (non-hydrogen) atoms. The maximum absolute atomic E-state index is 12.4. The number of hydrogen-bond donors (Lipinski definition) is 1. The van der Waals surface area contributed by atoms with Gasteiger partial charge in [-0.3, -0.25) is 14.7 Å². The summed E-state index contributed by atoms with van der Waals surface area (Å²) in [7, 11) is -3.51. The van der Waals surface area contributed by atoms with E-state index in [-0.39, 0.29) is 16.8 Å². The third-order valence-corrected chi connectivity index (χ3v) is 5.58. The van der Waals surface area contributed by atoms with E-state index in [1.807, 2.05) is 11.8 Å². The maximum Gasteiger partial charge on any atom is 0.244 e. The van der Waals surface area contributed by atoms with Gasteiger partial charge in [-0.15, -0.1) is 0 Å². The minimum absolute atomic E-state index is 0.195. The van der Waals surface area contributed by atoms with E-state index in [0.717, 1.165) is 0 Å². The molecule has 0 bridgehead atoms. The van der Waals surface area contributed by atoms with Crippen LogP contribution in [0, 0.1) is 0 Å². The van der Waals surface area contributed by atoms with E-state index >= 15 is 0 Å². The van der Waals surface area contributed by atoms with Gasteiger partial charge < -0.3 is 5.73 Å². The highest BCUT2D eigenvalue weighted by molar-refractivity contribution is 7.89. The molecule has 1 atom stereocenters. The molecule has 1 aromatic heterocycles. The van der Waals surface area contributed by atoms with Crippen LogP contribution in [0.25, 0.3) is 0 Å². The zero-order chi connectivity index (χ0) is 15.5. The number of nitrogens with two attached hydrogens (primary N) is 1. The van der Waals surface area contributed by atoms with E-state index in [0.29, 0.717) is 32.6 Å². The molecular formula is C13H20N4O3S. The van der Waals surface area contributed by atoms with Gasteiger partial charge >= 0.3 is 0 Å². The van der Waals surface area contributed by atoms with Gasteiger partial charge in [-0.25, -0.2) is 8.42 Å². The molecule has 8 heteroatoms. The maximum atomic E-state index is 12.4. The molecular weight excluding hydrogens is 292 g/mol. The van der Waals surface area contributed by atoms with E-state index in [9.17, 15) is 13.2 Å². The van der Waals surface area contributed by atoms with Crippen LogP contribution < -0.4 is 5.73 Å². The second kappa shape index (κ2) is 6.50. The molecule has 7 nitrogen and oxygen atoms in total. The Morgan fingerprint density at radius 3 is 2.52 bits per heavy atom. The second-order valence-electron chi connectivity index (χ2n) is 4.96. The highest BCUT2D eigenvalue weighted by Gasteiger charge is 2.32. The van der Waals surface area contributed by atoms with Crippen LogP contribution in [0.5, 0.6) is 0 Å². The summed E-state index contributed by atoms with van der Waals surface area (Å²) in [6, 6.07) is 2.81. The van der Waals surface area contributed by atoms with E-state index < -0.39 is 10.0 Å². The van der Waals surface area contributed by atoms with Crippen LogP contribution >= 0.6 is 0 Å². The van der Waals surface area contributed by atoms with Gasteiger partial charge in [0.2, 0.25) is 15.9 Å². The molecule has 1 saturated heterocycles. The molecule has 1 amide bonds. The summed E-state index contributed by atoms with van der Waals surface area (Å²) in [4.78, 5) is 17.4. The number of rotatable bonds is 5. The smallest absolute Gasteiger partial charge is 0.244 e. The van der Waals surface area contributed by atoms with Gasteiger partial charge in [-0.2, -0.15) is 4.31 Å². The molecule has 0 radical (unpaired) electrons. The van der Waals surface area contributed by atoms with Gasteiger partial charge in [-0.1, -0.05) is 6.92 Å². The fraction of sp³-hybridized carbons (Fsp3) is 0.538. The molecule has 0 aliphatic carbocycles. The van der Waals surface area contributed by atoms with Crippen molar-refractivity contribution >= 4 is 15.9 Å². The Balaban J connectivity index is 2.06. The normalized spacial score (nSPS) is 19.3. The summed E-state index contributed by atoms with van der Waals surface area (Å²) >= 11 is 0. The summed E-state index contributed by atoms with van der Waals surface area (Å²) in [6.45, 7) is 3.60. The monoisotopic (exact) mass is 312 g/mol. The predicted molar refractivity (Wildman–Crippen MR) is 77.8 cm³/mol. The lowest BCUT2D eigenvalue weighted by atomic mass is 10.1. The Morgan fingerprint density at radius 1 is 1.38 bits per heavy atom. The minimum atomic E-state index is -3.51. The summed E-state index contributed by atoms with van der Waals surface area (Å²) < 4.78 is 26.3. The van der Waals surface area contributed by atoms with Crippen molar-refractivity contribution in [1.29, 1.82) is 0 Å². The fourth-order valence-corrected chi connectivity index (χ4v) is 3.93. The van der Waals surface area contributed by atoms with Crippen molar-refractivity contribution in [2.45, 2.75) is 24.3 Å². The number of carbonyl (C=O) groups excluding carboxylic acids is 1. The first kappa shape index (κ1) is 15.9. The average Bonchev–Trinajstić information content (AvgIpc) is 2.49. The highest BCUT2D eigenvalue weighted by Crippen LogP contribution is 2.17. The minimum Gasteiger partial charge on any atom is -0.368 e. The lowest BCUT2D eigenvalue weighted by molar-refractivity contribution is -0.123.